The van der Waals surface area contributed by atoms with E-state index in [4.69, 9.17) is 26.1 Å². The van der Waals surface area contributed by atoms with Crippen LogP contribution in [0, 0.1) is 0 Å². The molecule has 43 heavy (non-hydrogen) atoms. The number of aryl methyl sites for hydroxylation is 1. The molecule has 0 spiro atoms. The van der Waals surface area contributed by atoms with E-state index in [1.165, 1.54) is 16.9 Å². The first-order chi connectivity index (χ1) is 21.0. The van der Waals surface area contributed by atoms with Crippen LogP contribution < -0.4 is 24.4 Å². The highest BCUT2D eigenvalue weighted by molar-refractivity contribution is 7.07. The fraction of sp³-hybridized carbons (Fsp3) is 0.114. The number of fused-ring (bicyclic) bond motifs is 3. The van der Waals surface area contributed by atoms with Gasteiger partial charge in [0, 0.05) is 10.6 Å². The Bertz CT molecular complexity index is 2090. The van der Waals surface area contributed by atoms with Gasteiger partial charge in [-0.1, -0.05) is 77.5 Å². The van der Waals surface area contributed by atoms with Gasteiger partial charge in [-0.15, -0.1) is 0 Å². The van der Waals surface area contributed by atoms with Crippen LogP contribution in [0.15, 0.2) is 112 Å². The molecule has 1 aromatic heterocycles. The molecule has 2 heterocycles. The van der Waals surface area contributed by atoms with E-state index in [0.717, 1.165) is 40.8 Å². The summed E-state index contributed by atoms with van der Waals surface area (Å²) in [5.74, 6) is 0.604. The van der Waals surface area contributed by atoms with Crippen molar-refractivity contribution in [3.63, 3.8) is 0 Å². The Morgan fingerprint density at radius 3 is 2.42 bits per heavy atom. The predicted molar refractivity (Wildman–Crippen MR) is 169 cm³/mol. The number of carbonyl (C=O) groups excluding carboxylic acids is 1. The number of halogens is 1. The molecule has 5 aromatic rings. The molecular weight excluding hydrogens is 580 g/mol. The van der Waals surface area contributed by atoms with Gasteiger partial charge in [0.15, 0.2) is 4.80 Å². The number of esters is 1. The first kappa shape index (κ1) is 27.1. The van der Waals surface area contributed by atoms with Crippen LogP contribution in [0.4, 0.5) is 0 Å². The summed E-state index contributed by atoms with van der Waals surface area (Å²) in [7, 11) is 1.57. The van der Waals surface area contributed by atoms with Crippen LogP contribution in [-0.2, 0) is 6.42 Å². The van der Waals surface area contributed by atoms with Gasteiger partial charge in [-0.2, -0.15) is 0 Å². The minimum atomic E-state index is -0.464. The molecule has 0 saturated heterocycles. The quantitative estimate of drug-likeness (QED) is 0.177. The molecule has 0 saturated carbocycles. The summed E-state index contributed by atoms with van der Waals surface area (Å²) in [4.78, 5) is 32.2. The standard InChI is InChI=1S/C35H25ClN2O4S/c1-41-24-17-12-23(13-18-24)34(40)42-25-15-10-21(11-16-25)20-30-33(39)38-32(27-8-4-5-9-29(27)36)28-19-14-22-6-2-3-7-26(22)31(28)37-35(38)43-30/h2-13,15-18,20,32H,14,19H2,1H3/t32-/m1/s1. The fourth-order valence-electron chi connectivity index (χ4n) is 5.67. The Hall–Kier alpha value is -4.72. The number of benzene rings is 4. The zero-order valence-corrected chi connectivity index (χ0v) is 24.7. The molecule has 6 nitrogen and oxygen atoms in total. The van der Waals surface area contributed by atoms with Crippen LogP contribution in [0.3, 0.4) is 0 Å². The molecular formula is C35H25ClN2O4S. The number of methoxy groups -OCH3 is 1. The van der Waals surface area contributed by atoms with Gasteiger partial charge < -0.3 is 9.47 Å². The number of rotatable bonds is 5. The van der Waals surface area contributed by atoms with Gasteiger partial charge in [0.1, 0.15) is 11.5 Å². The highest BCUT2D eigenvalue weighted by Gasteiger charge is 2.33. The van der Waals surface area contributed by atoms with Gasteiger partial charge in [0.25, 0.3) is 5.56 Å². The zero-order valence-electron chi connectivity index (χ0n) is 23.1. The van der Waals surface area contributed by atoms with Crippen LogP contribution in [-0.4, -0.2) is 17.6 Å². The second-order valence-corrected chi connectivity index (χ2v) is 11.7. The van der Waals surface area contributed by atoms with Crippen LogP contribution in [0.25, 0.3) is 11.8 Å². The Labute approximate surface area is 256 Å². The average molecular weight is 605 g/mol. The molecule has 7 rings (SSSR count). The van der Waals surface area contributed by atoms with E-state index < -0.39 is 5.97 Å². The van der Waals surface area contributed by atoms with Crippen molar-refractivity contribution in [1.29, 1.82) is 0 Å². The van der Waals surface area contributed by atoms with Crippen molar-refractivity contribution in [2.24, 2.45) is 4.99 Å². The normalized spacial score (nSPS) is 15.7. The van der Waals surface area contributed by atoms with Crippen molar-refractivity contribution < 1.29 is 14.3 Å². The van der Waals surface area contributed by atoms with Crippen molar-refractivity contribution in [2.75, 3.05) is 7.11 Å². The summed E-state index contributed by atoms with van der Waals surface area (Å²) < 4.78 is 13.0. The van der Waals surface area contributed by atoms with Gasteiger partial charge in [-0.05, 0) is 83.6 Å². The lowest BCUT2D eigenvalue weighted by molar-refractivity contribution is 0.0734. The molecule has 4 aromatic carbocycles. The topological polar surface area (TPSA) is 69.9 Å². The lowest BCUT2D eigenvalue weighted by atomic mass is 9.83. The molecule has 1 aliphatic carbocycles. The molecule has 0 amide bonds. The number of ether oxygens (including phenoxy) is 2. The van der Waals surface area contributed by atoms with E-state index in [0.29, 0.717) is 31.4 Å². The van der Waals surface area contributed by atoms with E-state index in [2.05, 4.69) is 18.2 Å². The Balaban J connectivity index is 1.26. The van der Waals surface area contributed by atoms with Crippen LogP contribution in [0.5, 0.6) is 11.5 Å². The third kappa shape index (κ3) is 5.01. The number of aromatic nitrogens is 1. The molecule has 2 aliphatic rings. The number of allylic oxidation sites excluding steroid dienone is 1. The van der Waals surface area contributed by atoms with E-state index >= 15 is 0 Å². The number of carbonyl (C=O) groups is 1. The summed E-state index contributed by atoms with van der Waals surface area (Å²) in [5, 5.41) is 0.620. The van der Waals surface area contributed by atoms with Gasteiger partial charge in [-0.3, -0.25) is 9.36 Å². The fourth-order valence-corrected chi connectivity index (χ4v) is 6.91. The van der Waals surface area contributed by atoms with Gasteiger partial charge in [-0.25, -0.2) is 9.79 Å². The molecule has 0 unspecified atom stereocenters. The first-order valence-electron chi connectivity index (χ1n) is 13.8. The minimum absolute atomic E-state index is 0.117. The molecule has 1 atom stereocenters. The maximum atomic E-state index is 14.0. The highest BCUT2D eigenvalue weighted by atomic mass is 35.5. The van der Waals surface area contributed by atoms with Crippen molar-refractivity contribution in [1.82, 2.24) is 4.57 Å². The van der Waals surface area contributed by atoms with Crippen LogP contribution in [0.1, 0.15) is 45.1 Å². The monoisotopic (exact) mass is 604 g/mol. The molecule has 1 aliphatic heterocycles. The zero-order chi connectivity index (χ0) is 29.5. The highest BCUT2D eigenvalue weighted by Crippen LogP contribution is 2.42. The summed E-state index contributed by atoms with van der Waals surface area (Å²) in [6.45, 7) is 0. The number of nitrogens with zero attached hydrogens (tertiary/aromatic N) is 2. The van der Waals surface area contributed by atoms with Gasteiger partial charge in [0.05, 0.1) is 28.9 Å². The van der Waals surface area contributed by atoms with Gasteiger partial charge in [0.2, 0.25) is 0 Å². The lowest BCUT2D eigenvalue weighted by Gasteiger charge is -2.31. The van der Waals surface area contributed by atoms with Crippen molar-refractivity contribution >= 4 is 40.7 Å². The predicted octanol–water partition coefficient (Wildman–Crippen LogP) is 6.20. The Kier molecular flexibility index (Phi) is 7.05. The SMILES string of the molecule is COc1ccc(C(=O)Oc2ccc(C=c3sc4n(c3=O)[C@H](c3ccccc3Cl)C3=C(N=4)c4ccccc4CC3)cc2)cc1. The first-order valence-corrected chi connectivity index (χ1v) is 15.0. The van der Waals surface area contributed by atoms with E-state index in [1.54, 1.807) is 48.1 Å². The summed E-state index contributed by atoms with van der Waals surface area (Å²) in [6.07, 6.45) is 3.52. The maximum Gasteiger partial charge on any atom is 0.343 e. The minimum Gasteiger partial charge on any atom is -0.497 e. The second-order valence-electron chi connectivity index (χ2n) is 10.3. The molecule has 212 valence electrons. The molecule has 0 N–H and O–H groups in total. The summed E-state index contributed by atoms with van der Waals surface area (Å²) >= 11 is 8.10. The number of hydrogen-bond donors (Lipinski definition) is 0. The van der Waals surface area contributed by atoms with Crippen molar-refractivity contribution in [3.05, 3.63) is 155 Å². The van der Waals surface area contributed by atoms with E-state index in [1.807, 2.05) is 48.5 Å². The van der Waals surface area contributed by atoms with Crippen molar-refractivity contribution in [2.45, 2.75) is 18.9 Å². The Morgan fingerprint density at radius 1 is 0.930 bits per heavy atom. The third-order valence-electron chi connectivity index (χ3n) is 7.79. The number of thiazole rings is 1. The molecule has 8 heteroatoms. The molecule has 0 fully saturated rings. The summed E-state index contributed by atoms with van der Waals surface area (Å²) in [5.41, 5.74) is 6.41. The van der Waals surface area contributed by atoms with Crippen LogP contribution >= 0.6 is 22.9 Å². The van der Waals surface area contributed by atoms with E-state index in [9.17, 15) is 9.59 Å². The average Bonchev–Trinajstić information content (AvgIpc) is 3.35. The second kappa shape index (κ2) is 11.2. The maximum absolute atomic E-state index is 14.0. The van der Waals surface area contributed by atoms with Gasteiger partial charge >= 0.3 is 5.97 Å². The van der Waals surface area contributed by atoms with E-state index in [-0.39, 0.29) is 11.6 Å². The third-order valence-corrected chi connectivity index (χ3v) is 9.11. The summed E-state index contributed by atoms with van der Waals surface area (Å²) in [6, 6.07) is 29.5. The smallest absolute Gasteiger partial charge is 0.343 e. The van der Waals surface area contributed by atoms with Crippen molar-refractivity contribution in [3.8, 4) is 11.5 Å². The molecule has 0 bridgehead atoms. The van der Waals surface area contributed by atoms with Crippen LogP contribution in [0.2, 0.25) is 5.02 Å². The lowest BCUT2D eigenvalue weighted by Crippen LogP contribution is -2.38. The number of hydrogen-bond acceptors (Lipinski definition) is 6. The Morgan fingerprint density at radius 2 is 1.65 bits per heavy atom. The molecule has 0 radical (unpaired) electrons. The largest absolute Gasteiger partial charge is 0.497 e.